The number of carbonyl (C=O) groups excluding carboxylic acids is 2. The van der Waals surface area contributed by atoms with Crippen LogP contribution in [0.1, 0.15) is 25.1 Å². The molecule has 4 nitrogen and oxygen atoms in total. The van der Waals surface area contributed by atoms with E-state index in [-0.39, 0.29) is 11.9 Å². The molecule has 0 spiro atoms. The second-order valence-corrected chi connectivity index (χ2v) is 5.08. The van der Waals surface area contributed by atoms with Crippen LogP contribution in [0.3, 0.4) is 0 Å². The van der Waals surface area contributed by atoms with Crippen molar-refractivity contribution in [2.24, 2.45) is 0 Å². The van der Waals surface area contributed by atoms with Crippen LogP contribution in [-0.2, 0) is 11.3 Å². The Labute approximate surface area is 98.3 Å². The first-order valence-electron chi connectivity index (χ1n) is 5.23. The lowest BCUT2D eigenvalue weighted by atomic mass is 9.97. The third-order valence-electron chi connectivity index (χ3n) is 3.13. The van der Waals surface area contributed by atoms with E-state index >= 15 is 0 Å². The van der Waals surface area contributed by atoms with Gasteiger partial charge in [-0.05, 0) is 24.8 Å². The number of nitrogens with one attached hydrogen (secondary N) is 1. The van der Waals surface area contributed by atoms with Crippen LogP contribution in [-0.4, -0.2) is 22.4 Å². The molecule has 2 rings (SSSR count). The first kappa shape index (κ1) is 11.1. The van der Waals surface area contributed by atoms with Crippen molar-refractivity contribution in [3.05, 3.63) is 22.4 Å². The van der Waals surface area contributed by atoms with Gasteiger partial charge in [-0.2, -0.15) is 0 Å². The van der Waals surface area contributed by atoms with E-state index in [0.717, 1.165) is 4.88 Å². The molecule has 0 aromatic carbocycles. The number of hydrogen-bond donors (Lipinski definition) is 1. The van der Waals surface area contributed by atoms with E-state index in [0.29, 0.717) is 13.0 Å². The molecule has 0 aliphatic carbocycles. The van der Waals surface area contributed by atoms with Crippen LogP contribution in [0.15, 0.2) is 17.5 Å². The summed E-state index contributed by atoms with van der Waals surface area (Å²) < 4.78 is 0. The minimum absolute atomic E-state index is 0.198. The molecule has 5 heteroatoms. The van der Waals surface area contributed by atoms with Crippen molar-refractivity contribution < 1.29 is 9.59 Å². The van der Waals surface area contributed by atoms with Gasteiger partial charge in [-0.25, -0.2) is 4.79 Å². The third kappa shape index (κ3) is 1.61. The molecule has 1 aromatic rings. The molecule has 0 radical (unpaired) electrons. The second-order valence-electron chi connectivity index (χ2n) is 4.05. The molecule has 1 N–H and O–H groups in total. The Kier molecular flexibility index (Phi) is 2.71. The Balaban J connectivity index is 2.24. The van der Waals surface area contributed by atoms with E-state index in [1.54, 1.807) is 23.2 Å². The monoisotopic (exact) mass is 238 g/mol. The summed E-state index contributed by atoms with van der Waals surface area (Å²) in [6.45, 7) is 4.22. The fraction of sp³-hybridized carbons (Fsp3) is 0.455. The van der Waals surface area contributed by atoms with E-state index in [4.69, 9.17) is 0 Å². The molecule has 3 amide bonds. The summed E-state index contributed by atoms with van der Waals surface area (Å²) in [5.41, 5.74) is -0.707. The van der Waals surface area contributed by atoms with Gasteiger partial charge in [0.25, 0.3) is 5.91 Å². The highest BCUT2D eigenvalue weighted by Crippen LogP contribution is 2.28. The zero-order chi connectivity index (χ0) is 11.8. The van der Waals surface area contributed by atoms with Crippen LogP contribution in [0.5, 0.6) is 0 Å². The molecular weight excluding hydrogens is 224 g/mol. The summed E-state index contributed by atoms with van der Waals surface area (Å²) in [7, 11) is 0. The van der Waals surface area contributed by atoms with Gasteiger partial charge in [-0.3, -0.25) is 10.1 Å². The van der Waals surface area contributed by atoms with E-state index in [1.165, 1.54) is 0 Å². The standard InChI is InChI=1S/C11H14N2O2S/c1-3-11(2)9(14)12-10(15)13(11)7-8-5-4-6-16-8/h4-6H,3,7H2,1-2H3,(H,12,14,15). The normalized spacial score (nSPS) is 25.0. The largest absolute Gasteiger partial charge is 0.325 e. The number of rotatable bonds is 3. The summed E-state index contributed by atoms with van der Waals surface area (Å²) in [4.78, 5) is 26.1. The lowest BCUT2D eigenvalue weighted by Gasteiger charge is -2.30. The minimum atomic E-state index is -0.707. The van der Waals surface area contributed by atoms with Gasteiger partial charge in [-0.15, -0.1) is 11.3 Å². The predicted octanol–water partition coefficient (Wildman–Crippen LogP) is 1.97. The SMILES string of the molecule is CCC1(C)C(=O)NC(=O)N1Cc1cccs1. The van der Waals surface area contributed by atoms with E-state index < -0.39 is 5.54 Å². The van der Waals surface area contributed by atoms with E-state index in [2.05, 4.69) is 5.32 Å². The predicted molar refractivity (Wildman–Crippen MR) is 62.1 cm³/mol. The second kappa shape index (κ2) is 3.90. The molecule has 0 saturated carbocycles. The number of carbonyl (C=O) groups is 2. The fourth-order valence-electron chi connectivity index (χ4n) is 1.80. The topological polar surface area (TPSA) is 49.4 Å². The van der Waals surface area contributed by atoms with Crippen LogP contribution >= 0.6 is 11.3 Å². The maximum atomic E-state index is 11.7. The van der Waals surface area contributed by atoms with Gasteiger partial charge >= 0.3 is 6.03 Å². The summed E-state index contributed by atoms with van der Waals surface area (Å²) in [5.74, 6) is -0.198. The van der Waals surface area contributed by atoms with Crippen molar-refractivity contribution in [2.75, 3.05) is 0 Å². The Bertz CT molecular complexity index is 416. The Hall–Kier alpha value is -1.36. The Morgan fingerprint density at radius 2 is 2.25 bits per heavy atom. The zero-order valence-corrected chi connectivity index (χ0v) is 10.1. The van der Waals surface area contributed by atoms with Gasteiger partial charge in [0.2, 0.25) is 0 Å². The maximum Gasteiger partial charge on any atom is 0.325 e. The van der Waals surface area contributed by atoms with Crippen molar-refractivity contribution in [1.29, 1.82) is 0 Å². The van der Waals surface area contributed by atoms with Crippen molar-refractivity contribution in [3.63, 3.8) is 0 Å². The highest BCUT2D eigenvalue weighted by Gasteiger charge is 2.47. The number of amides is 3. The van der Waals surface area contributed by atoms with Gasteiger partial charge < -0.3 is 4.90 Å². The van der Waals surface area contributed by atoms with Gasteiger partial charge in [0, 0.05) is 4.88 Å². The molecule has 1 aliphatic heterocycles. The Morgan fingerprint density at radius 1 is 1.50 bits per heavy atom. The van der Waals surface area contributed by atoms with Crippen molar-refractivity contribution in [2.45, 2.75) is 32.4 Å². The van der Waals surface area contributed by atoms with E-state index in [9.17, 15) is 9.59 Å². The molecule has 1 unspecified atom stereocenters. The van der Waals surface area contributed by atoms with Crippen molar-refractivity contribution in [1.82, 2.24) is 10.2 Å². The maximum absolute atomic E-state index is 11.7. The number of hydrogen-bond acceptors (Lipinski definition) is 3. The van der Waals surface area contributed by atoms with Gasteiger partial charge in [0.1, 0.15) is 5.54 Å². The Morgan fingerprint density at radius 3 is 2.81 bits per heavy atom. The zero-order valence-electron chi connectivity index (χ0n) is 9.32. The molecule has 1 aromatic heterocycles. The van der Waals surface area contributed by atoms with Gasteiger partial charge in [-0.1, -0.05) is 13.0 Å². The van der Waals surface area contributed by atoms with Crippen LogP contribution in [0.4, 0.5) is 4.79 Å². The molecule has 1 atom stereocenters. The number of imide groups is 1. The molecule has 2 heterocycles. The first-order chi connectivity index (χ1) is 7.58. The van der Waals surface area contributed by atoms with Crippen LogP contribution in [0.25, 0.3) is 0 Å². The number of nitrogens with zero attached hydrogens (tertiary/aromatic N) is 1. The van der Waals surface area contributed by atoms with E-state index in [1.807, 2.05) is 24.4 Å². The molecule has 1 saturated heterocycles. The van der Waals surface area contributed by atoms with Crippen molar-refractivity contribution in [3.8, 4) is 0 Å². The molecule has 1 aliphatic rings. The minimum Gasteiger partial charge on any atom is -0.305 e. The molecule has 0 bridgehead atoms. The summed E-state index contributed by atoms with van der Waals surface area (Å²) in [5, 5.41) is 4.34. The molecule has 1 fully saturated rings. The smallest absolute Gasteiger partial charge is 0.305 e. The summed E-state index contributed by atoms with van der Waals surface area (Å²) in [6, 6.07) is 3.62. The summed E-state index contributed by atoms with van der Waals surface area (Å²) >= 11 is 1.59. The van der Waals surface area contributed by atoms with Gasteiger partial charge in [0.05, 0.1) is 6.54 Å². The van der Waals surface area contributed by atoms with Crippen LogP contribution in [0.2, 0.25) is 0 Å². The lowest BCUT2D eigenvalue weighted by Crippen LogP contribution is -2.45. The average molecular weight is 238 g/mol. The van der Waals surface area contributed by atoms with Crippen LogP contribution < -0.4 is 5.32 Å². The number of thiophene rings is 1. The molecule has 16 heavy (non-hydrogen) atoms. The quantitative estimate of drug-likeness (QED) is 0.818. The number of urea groups is 1. The van der Waals surface area contributed by atoms with Crippen molar-refractivity contribution >= 4 is 23.3 Å². The highest BCUT2D eigenvalue weighted by molar-refractivity contribution is 7.09. The first-order valence-corrected chi connectivity index (χ1v) is 6.11. The summed E-state index contributed by atoms with van der Waals surface area (Å²) in [6.07, 6.45) is 0.621. The van der Waals surface area contributed by atoms with Crippen LogP contribution in [0, 0.1) is 0 Å². The van der Waals surface area contributed by atoms with Gasteiger partial charge in [0.15, 0.2) is 0 Å². The highest BCUT2D eigenvalue weighted by atomic mass is 32.1. The lowest BCUT2D eigenvalue weighted by molar-refractivity contribution is -0.126. The third-order valence-corrected chi connectivity index (χ3v) is 3.99. The molecular formula is C11H14N2O2S. The fourth-order valence-corrected chi connectivity index (χ4v) is 2.49. The molecule has 86 valence electrons. The average Bonchev–Trinajstić information content (AvgIpc) is 2.83.